The molecule has 102 valence electrons. The Morgan fingerprint density at radius 2 is 2.05 bits per heavy atom. The molecule has 0 saturated carbocycles. The van der Waals surface area contributed by atoms with Crippen LogP contribution in [0.1, 0.15) is 12.8 Å². The molecule has 0 aromatic rings. The molecule has 3 atom stereocenters. The van der Waals surface area contributed by atoms with Crippen LogP contribution in [0.3, 0.4) is 0 Å². The van der Waals surface area contributed by atoms with Gasteiger partial charge in [0.15, 0.2) is 6.04 Å². The van der Waals surface area contributed by atoms with E-state index in [1.54, 1.807) is 0 Å². The Balaban J connectivity index is 3.63. The molecule has 0 aromatic carbocycles. The number of amides is 1. The van der Waals surface area contributed by atoms with E-state index in [0.29, 0.717) is 0 Å². The molecule has 7 nitrogen and oxygen atoms in total. The topological polar surface area (TPSA) is 115 Å². The minimum Gasteiger partial charge on any atom is -0.498 e. The normalized spacial score (nSPS) is 34.3. The summed E-state index contributed by atoms with van der Waals surface area (Å²) in [6, 6.07) is -1.56. The average molecular weight is 267 g/mol. The van der Waals surface area contributed by atoms with Gasteiger partial charge < -0.3 is 20.1 Å². The van der Waals surface area contributed by atoms with Crippen LogP contribution < -0.4 is 5.11 Å². The van der Waals surface area contributed by atoms with Crippen molar-refractivity contribution in [3.8, 4) is 12.3 Å². The summed E-state index contributed by atoms with van der Waals surface area (Å²) in [5.41, 5.74) is -1.96. The van der Waals surface area contributed by atoms with Crippen molar-refractivity contribution in [1.82, 2.24) is 0 Å². The van der Waals surface area contributed by atoms with E-state index in [1.807, 2.05) is 5.92 Å². The molecule has 1 rings (SSSR count). The number of likely N-dealkylation sites (N-methyl/N-ethyl adjacent to an activating group) is 1. The van der Waals surface area contributed by atoms with Crippen molar-refractivity contribution in [3.63, 3.8) is 0 Å². The molecule has 1 aliphatic rings. The SMILES string of the molecule is C#CC1(C(=O)O)CC(=C)CC(C(=O)O)[N+]1(C)C(=O)[O-]. The maximum atomic E-state index is 11.5. The van der Waals surface area contributed by atoms with Crippen molar-refractivity contribution in [2.24, 2.45) is 0 Å². The number of likely N-dealkylation sites (tertiary alicyclic amines) is 1. The average Bonchev–Trinajstić information content (AvgIpc) is 2.30. The summed E-state index contributed by atoms with van der Waals surface area (Å²) < 4.78 is -1.41. The highest BCUT2D eigenvalue weighted by Crippen LogP contribution is 2.40. The van der Waals surface area contributed by atoms with Crippen LogP contribution in [0.15, 0.2) is 12.2 Å². The number of carboxylic acid groups (broad SMARTS) is 3. The number of hydrogen-bond acceptors (Lipinski definition) is 4. The van der Waals surface area contributed by atoms with Crippen LogP contribution in [0.5, 0.6) is 0 Å². The van der Waals surface area contributed by atoms with E-state index >= 15 is 0 Å². The lowest BCUT2D eigenvalue weighted by molar-refractivity contribution is -0.908. The van der Waals surface area contributed by atoms with Gasteiger partial charge in [-0.1, -0.05) is 12.2 Å². The highest BCUT2D eigenvalue weighted by atomic mass is 16.4. The van der Waals surface area contributed by atoms with Gasteiger partial charge in [-0.25, -0.2) is 14.1 Å². The molecule has 0 aliphatic carbocycles. The van der Waals surface area contributed by atoms with E-state index in [9.17, 15) is 24.6 Å². The van der Waals surface area contributed by atoms with Crippen LogP contribution in [-0.4, -0.2) is 51.4 Å². The smallest absolute Gasteiger partial charge is 0.379 e. The van der Waals surface area contributed by atoms with Gasteiger partial charge in [-0.05, 0) is 5.92 Å². The zero-order chi connectivity index (χ0) is 15.0. The molecule has 1 heterocycles. The second kappa shape index (κ2) is 4.40. The molecular formula is C12H13NO6. The molecule has 0 bridgehead atoms. The van der Waals surface area contributed by atoms with Gasteiger partial charge in [-0.3, -0.25) is 0 Å². The van der Waals surface area contributed by atoms with E-state index < -0.39 is 34.1 Å². The van der Waals surface area contributed by atoms with Gasteiger partial charge in [0.1, 0.15) is 0 Å². The Labute approximate surface area is 109 Å². The molecular weight excluding hydrogens is 254 g/mol. The second-order valence-corrected chi connectivity index (χ2v) is 4.64. The molecule has 1 amide bonds. The number of aliphatic carboxylic acids is 2. The first-order valence-electron chi connectivity index (χ1n) is 5.32. The first-order valence-corrected chi connectivity index (χ1v) is 5.32. The first-order chi connectivity index (χ1) is 8.63. The summed E-state index contributed by atoms with van der Waals surface area (Å²) in [5.74, 6) is -1.12. The standard InChI is InChI=1S/C12H13NO6/c1-4-12(10(16)17)6-7(2)5-8(9(14)15)13(12,3)11(18)19/h1,8H,2,5-6H2,3H3,(H2-,14,15,16,17,18,19). The Morgan fingerprint density at radius 1 is 1.53 bits per heavy atom. The number of carbonyl (C=O) groups is 3. The predicted octanol–water partition coefficient (Wildman–Crippen LogP) is -0.964. The van der Waals surface area contributed by atoms with Crippen LogP contribution in [0.2, 0.25) is 0 Å². The molecule has 3 unspecified atom stereocenters. The first kappa shape index (κ1) is 14.7. The molecule has 1 fully saturated rings. The van der Waals surface area contributed by atoms with Crippen molar-refractivity contribution >= 4 is 18.0 Å². The van der Waals surface area contributed by atoms with Gasteiger partial charge in [0.05, 0.1) is 7.05 Å². The minimum atomic E-state index is -2.24. The van der Waals surface area contributed by atoms with Gasteiger partial charge in [0, 0.05) is 12.8 Å². The third-order valence-corrected chi connectivity index (χ3v) is 3.66. The van der Waals surface area contributed by atoms with Gasteiger partial charge in [0.25, 0.3) is 11.6 Å². The van der Waals surface area contributed by atoms with Crippen molar-refractivity contribution in [3.05, 3.63) is 12.2 Å². The third-order valence-electron chi connectivity index (χ3n) is 3.66. The second-order valence-electron chi connectivity index (χ2n) is 4.64. The van der Waals surface area contributed by atoms with E-state index in [2.05, 4.69) is 6.58 Å². The number of rotatable bonds is 2. The Kier molecular flexibility index (Phi) is 3.41. The van der Waals surface area contributed by atoms with Gasteiger partial charge in [-0.2, -0.15) is 0 Å². The molecule has 1 saturated heterocycles. The molecule has 0 spiro atoms. The molecule has 19 heavy (non-hydrogen) atoms. The third kappa shape index (κ3) is 1.77. The number of carbonyl (C=O) groups excluding carboxylic acids is 1. The van der Waals surface area contributed by atoms with Crippen LogP contribution in [0, 0.1) is 12.3 Å². The fourth-order valence-corrected chi connectivity index (χ4v) is 2.43. The van der Waals surface area contributed by atoms with E-state index in [0.717, 1.165) is 7.05 Å². The summed E-state index contributed by atoms with van der Waals surface area (Å²) in [6.07, 6.45) is 2.88. The zero-order valence-corrected chi connectivity index (χ0v) is 10.3. The number of terminal acetylenes is 1. The summed E-state index contributed by atoms with van der Waals surface area (Å²) in [7, 11) is 0.953. The maximum Gasteiger partial charge on any atom is 0.379 e. The number of nitrogens with zero attached hydrogens (tertiary/aromatic N) is 1. The van der Waals surface area contributed by atoms with Crippen LogP contribution in [-0.2, 0) is 9.59 Å². The summed E-state index contributed by atoms with van der Waals surface area (Å²) >= 11 is 0. The number of piperidine rings is 1. The van der Waals surface area contributed by atoms with Crippen molar-refractivity contribution in [1.29, 1.82) is 0 Å². The van der Waals surface area contributed by atoms with Crippen LogP contribution >= 0.6 is 0 Å². The monoisotopic (exact) mass is 267 g/mol. The Bertz CT molecular complexity index is 519. The van der Waals surface area contributed by atoms with E-state index in [-0.39, 0.29) is 18.4 Å². The van der Waals surface area contributed by atoms with Crippen LogP contribution in [0.25, 0.3) is 0 Å². The zero-order valence-electron chi connectivity index (χ0n) is 10.3. The van der Waals surface area contributed by atoms with Crippen molar-refractivity contribution in [2.75, 3.05) is 7.05 Å². The highest BCUT2D eigenvalue weighted by Gasteiger charge is 2.64. The Hall–Kier alpha value is -2.33. The largest absolute Gasteiger partial charge is 0.498 e. The predicted molar refractivity (Wildman–Crippen MR) is 60.6 cm³/mol. The van der Waals surface area contributed by atoms with Gasteiger partial charge in [-0.15, -0.1) is 6.42 Å². The van der Waals surface area contributed by atoms with E-state index in [1.165, 1.54) is 0 Å². The number of hydrogen-bond donors (Lipinski definition) is 2. The fourth-order valence-electron chi connectivity index (χ4n) is 2.43. The van der Waals surface area contributed by atoms with Gasteiger partial charge >= 0.3 is 11.9 Å². The lowest BCUT2D eigenvalue weighted by atomic mass is 9.79. The lowest BCUT2D eigenvalue weighted by Crippen LogP contribution is -2.78. The quantitative estimate of drug-likeness (QED) is 0.378. The van der Waals surface area contributed by atoms with Crippen molar-refractivity contribution in [2.45, 2.75) is 24.4 Å². The number of carboxylic acids is 2. The molecule has 0 aromatic heterocycles. The fraction of sp³-hybridized carbons (Fsp3) is 0.417. The summed E-state index contributed by atoms with van der Waals surface area (Å²) in [5, 5.41) is 29.8. The molecule has 1 aliphatic heterocycles. The van der Waals surface area contributed by atoms with E-state index in [4.69, 9.17) is 11.5 Å². The molecule has 2 N–H and O–H groups in total. The molecule has 7 heteroatoms. The lowest BCUT2D eigenvalue weighted by Gasteiger charge is -2.51. The Morgan fingerprint density at radius 3 is 2.37 bits per heavy atom. The minimum absolute atomic E-state index is 0.170. The summed E-state index contributed by atoms with van der Waals surface area (Å²) in [4.78, 5) is 34.1. The van der Waals surface area contributed by atoms with Crippen molar-refractivity contribution < 1.29 is 34.2 Å². The van der Waals surface area contributed by atoms with Gasteiger partial charge in [0.2, 0.25) is 0 Å². The summed E-state index contributed by atoms with van der Waals surface area (Å²) in [6.45, 7) is 3.55. The molecule has 0 radical (unpaired) electrons. The number of quaternary nitrogens is 1. The van der Waals surface area contributed by atoms with Crippen LogP contribution in [0.4, 0.5) is 4.79 Å². The maximum absolute atomic E-state index is 11.5. The highest BCUT2D eigenvalue weighted by molar-refractivity contribution is 5.86.